The average Bonchev–Trinajstić information content (AvgIpc) is 2.89. The number of likely N-dealkylation sites (N-methyl/N-ethyl adjacent to an activating group) is 1. The molecule has 104 valence electrons. The quantitative estimate of drug-likeness (QED) is 0.839. The van der Waals surface area contributed by atoms with Gasteiger partial charge in [0.1, 0.15) is 0 Å². The number of amides is 1. The van der Waals surface area contributed by atoms with Crippen molar-refractivity contribution in [2.75, 3.05) is 20.1 Å². The summed E-state index contributed by atoms with van der Waals surface area (Å²) in [5.74, 6) is 0.204. The number of carbonyl (C=O) groups is 1. The Labute approximate surface area is 116 Å². The standard InChI is InChI=1S/C12H17N.C4H7NO/c1-3-10-4-5-11-6-7-13(2)9-12(11)8-10;6-4-2-1-3-5-4/h4-5,8H,3,6-7,9H2,1-2H3;1-3H2,(H,5,6). The van der Waals surface area contributed by atoms with Crippen molar-refractivity contribution in [2.45, 2.75) is 39.2 Å². The minimum atomic E-state index is 0.204. The molecule has 1 N–H and O–H groups in total. The molecule has 1 amide bonds. The first-order chi connectivity index (χ1) is 9.19. The topological polar surface area (TPSA) is 32.3 Å². The SMILES string of the molecule is CCc1ccc2c(c1)CN(C)CC2.O=C1CCCN1. The van der Waals surface area contributed by atoms with E-state index in [0.717, 1.165) is 32.4 Å². The summed E-state index contributed by atoms with van der Waals surface area (Å²) in [6, 6.07) is 6.94. The summed E-state index contributed by atoms with van der Waals surface area (Å²) in [4.78, 5) is 12.5. The Kier molecular flexibility index (Phi) is 4.97. The van der Waals surface area contributed by atoms with E-state index in [1.165, 1.54) is 24.1 Å². The van der Waals surface area contributed by atoms with Crippen molar-refractivity contribution in [3.8, 4) is 0 Å². The zero-order chi connectivity index (χ0) is 13.7. The molecule has 2 aliphatic heterocycles. The van der Waals surface area contributed by atoms with Gasteiger partial charge in [0.2, 0.25) is 5.91 Å². The van der Waals surface area contributed by atoms with Crippen LogP contribution in [0.3, 0.4) is 0 Å². The largest absolute Gasteiger partial charge is 0.356 e. The molecular weight excluding hydrogens is 236 g/mol. The highest BCUT2D eigenvalue weighted by Crippen LogP contribution is 2.19. The van der Waals surface area contributed by atoms with Crippen LogP contribution in [0.4, 0.5) is 0 Å². The Hall–Kier alpha value is -1.35. The second kappa shape index (κ2) is 6.71. The third-order valence-corrected chi connectivity index (χ3v) is 3.78. The number of nitrogens with one attached hydrogen (secondary N) is 1. The molecule has 0 aliphatic carbocycles. The van der Waals surface area contributed by atoms with Gasteiger partial charge in [0.25, 0.3) is 0 Å². The van der Waals surface area contributed by atoms with E-state index >= 15 is 0 Å². The Morgan fingerprint density at radius 2 is 2.11 bits per heavy atom. The number of fused-ring (bicyclic) bond motifs is 1. The van der Waals surface area contributed by atoms with Gasteiger partial charge in [-0.3, -0.25) is 4.79 Å². The van der Waals surface area contributed by atoms with Crippen molar-refractivity contribution in [3.63, 3.8) is 0 Å². The second-order valence-corrected chi connectivity index (χ2v) is 5.40. The first-order valence-corrected chi connectivity index (χ1v) is 7.25. The van der Waals surface area contributed by atoms with Crippen LogP contribution in [0.1, 0.15) is 36.5 Å². The summed E-state index contributed by atoms with van der Waals surface area (Å²) in [7, 11) is 2.20. The monoisotopic (exact) mass is 260 g/mol. The van der Waals surface area contributed by atoms with Crippen LogP contribution >= 0.6 is 0 Å². The molecule has 0 spiro atoms. The third-order valence-electron chi connectivity index (χ3n) is 3.78. The number of carbonyl (C=O) groups excluding carboxylic acids is 1. The lowest BCUT2D eigenvalue weighted by Gasteiger charge is -2.25. The van der Waals surface area contributed by atoms with Crippen LogP contribution in [-0.4, -0.2) is 30.9 Å². The molecule has 0 radical (unpaired) electrons. The molecular formula is C16H24N2O. The molecule has 3 heteroatoms. The Bertz CT molecular complexity index is 434. The summed E-state index contributed by atoms with van der Waals surface area (Å²) >= 11 is 0. The van der Waals surface area contributed by atoms with Crippen LogP contribution in [0, 0.1) is 0 Å². The number of benzene rings is 1. The molecule has 1 aromatic rings. The number of hydrogen-bond donors (Lipinski definition) is 1. The Morgan fingerprint density at radius 1 is 1.26 bits per heavy atom. The van der Waals surface area contributed by atoms with Crippen molar-refractivity contribution in [3.05, 3.63) is 34.9 Å². The van der Waals surface area contributed by atoms with Gasteiger partial charge in [0.05, 0.1) is 0 Å². The zero-order valence-corrected chi connectivity index (χ0v) is 12.0. The van der Waals surface area contributed by atoms with Crippen molar-refractivity contribution >= 4 is 5.91 Å². The van der Waals surface area contributed by atoms with Gasteiger partial charge in [0, 0.05) is 26.1 Å². The minimum absolute atomic E-state index is 0.204. The van der Waals surface area contributed by atoms with Gasteiger partial charge in [-0.1, -0.05) is 25.1 Å². The summed E-state index contributed by atoms with van der Waals surface area (Å²) in [5, 5.41) is 2.68. The molecule has 1 fully saturated rings. The molecule has 0 unspecified atom stereocenters. The molecule has 0 atom stereocenters. The molecule has 0 aromatic heterocycles. The maximum absolute atomic E-state index is 10.1. The van der Waals surface area contributed by atoms with E-state index in [1.807, 2.05) is 0 Å². The molecule has 0 saturated carbocycles. The number of rotatable bonds is 1. The van der Waals surface area contributed by atoms with Crippen LogP contribution in [0.5, 0.6) is 0 Å². The first-order valence-electron chi connectivity index (χ1n) is 7.25. The van der Waals surface area contributed by atoms with Gasteiger partial charge in [-0.2, -0.15) is 0 Å². The number of aryl methyl sites for hydroxylation is 1. The summed E-state index contributed by atoms with van der Waals surface area (Å²) in [5.41, 5.74) is 4.55. The summed E-state index contributed by atoms with van der Waals surface area (Å²) < 4.78 is 0. The van der Waals surface area contributed by atoms with Gasteiger partial charge in [-0.25, -0.2) is 0 Å². The predicted octanol–water partition coefficient (Wildman–Crippen LogP) is 2.13. The highest BCUT2D eigenvalue weighted by atomic mass is 16.1. The third kappa shape index (κ3) is 4.06. The second-order valence-electron chi connectivity index (χ2n) is 5.40. The molecule has 2 heterocycles. The van der Waals surface area contributed by atoms with Crippen LogP contribution in [0.25, 0.3) is 0 Å². The van der Waals surface area contributed by atoms with Crippen LogP contribution < -0.4 is 5.32 Å². The van der Waals surface area contributed by atoms with Crippen molar-refractivity contribution < 1.29 is 4.79 Å². The van der Waals surface area contributed by atoms with E-state index in [-0.39, 0.29) is 5.91 Å². The first kappa shape index (κ1) is 14.1. The summed E-state index contributed by atoms with van der Waals surface area (Å²) in [6.07, 6.45) is 4.13. The molecule has 0 bridgehead atoms. The molecule has 2 aliphatic rings. The van der Waals surface area contributed by atoms with Gasteiger partial charge in [0.15, 0.2) is 0 Å². The van der Waals surface area contributed by atoms with Crippen molar-refractivity contribution in [1.29, 1.82) is 0 Å². The molecule has 1 saturated heterocycles. The lowest BCUT2D eigenvalue weighted by atomic mass is 9.97. The van der Waals surface area contributed by atoms with E-state index in [0.29, 0.717) is 0 Å². The average molecular weight is 260 g/mol. The molecule has 3 nitrogen and oxygen atoms in total. The van der Waals surface area contributed by atoms with Crippen molar-refractivity contribution in [2.24, 2.45) is 0 Å². The highest BCUT2D eigenvalue weighted by molar-refractivity contribution is 5.77. The fraction of sp³-hybridized carbons (Fsp3) is 0.562. The van der Waals surface area contributed by atoms with Gasteiger partial charge >= 0.3 is 0 Å². The fourth-order valence-corrected chi connectivity index (χ4v) is 2.54. The van der Waals surface area contributed by atoms with Gasteiger partial charge in [-0.15, -0.1) is 0 Å². The number of nitrogens with zero attached hydrogens (tertiary/aromatic N) is 1. The zero-order valence-electron chi connectivity index (χ0n) is 12.0. The number of hydrogen-bond acceptors (Lipinski definition) is 2. The predicted molar refractivity (Wildman–Crippen MR) is 78.1 cm³/mol. The fourth-order valence-electron chi connectivity index (χ4n) is 2.54. The van der Waals surface area contributed by atoms with E-state index < -0.39 is 0 Å². The molecule has 3 rings (SSSR count). The van der Waals surface area contributed by atoms with Crippen LogP contribution in [0.15, 0.2) is 18.2 Å². The van der Waals surface area contributed by atoms with E-state index in [2.05, 4.69) is 42.4 Å². The van der Waals surface area contributed by atoms with E-state index in [1.54, 1.807) is 5.56 Å². The lowest BCUT2D eigenvalue weighted by molar-refractivity contribution is -0.119. The smallest absolute Gasteiger partial charge is 0.220 e. The molecule has 19 heavy (non-hydrogen) atoms. The molecule has 1 aromatic carbocycles. The Balaban J connectivity index is 0.000000186. The lowest BCUT2D eigenvalue weighted by Crippen LogP contribution is -2.26. The highest BCUT2D eigenvalue weighted by Gasteiger charge is 2.12. The van der Waals surface area contributed by atoms with Crippen molar-refractivity contribution in [1.82, 2.24) is 10.2 Å². The van der Waals surface area contributed by atoms with Crippen LogP contribution in [-0.2, 0) is 24.2 Å². The van der Waals surface area contributed by atoms with E-state index in [9.17, 15) is 4.79 Å². The Morgan fingerprint density at radius 3 is 2.68 bits per heavy atom. The normalized spacial score (nSPS) is 18.3. The van der Waals surface area contributed by atoms with Crippen LogP contribution in [0.2, 0.25) is 0 Å². The minimum Gasteiger partial charge on any atom is -0.356 e. The van der Waals surface area contributed by atoms with E-state index in [4.69, 9.17) is 0 Å². The maximum atomic E-state index is 10.1. The van der Waals surface area contributed by atoms with Gasteiger partial charge in [-0.05, 0) is 43.0 Å². The van der Waals surface area contributed by atoms with Gasteiger partial charge < -0.3 is 10.2 Å². The summed E-state index contributed by atoms with van der Waals surface area (Å²) in [6.45, 7) is 5.44. The maximum Gasteiger partial charge on any atom is 0.220 e.